The molecule has 1 saturated carbocycles. The number of nitrogens with zero attached hydrogens (tertiary/aromatic N) is 4. The van der Waals surface area contributed by atoms with Crippen LogP contribution >= 0.6 is 0 Å². The molecule has 7 heteroatoms. The fraction of sp³-hybridized carbons (Fsp3) is 0.579. The average molecular weight is 357 g/mol. The van der Waals surface area contributed by atoms with Crippen molar-refractivity contribution in [1.29, 1.82) is 0 Å². The first kappa shape index (κ1) is 18.5. The van der Waals surface area contributed by atoms with E-state index in [1.165, 1.54) is 0 Å². The first-order valence-corrected chi connectivity index (χ1v) is 9.22. The highest BCUT2D eigenvalue weighted by Gasteiger charge is 2.34. The van der Waals surface area contributed by atoms with Crippen LogP contribution in [0.25, 0.3) is 0 Å². The van der Waals surface area contributed by atoms with Gasteiger partial charge in [-0.25, -0.2) is 15.0 Å². The minimum absolute atomic E-state index is 0.0867. The van der Waals surface area contributed by atoms with Gasteiger partial charge < -0.3 is 15.0 Å². The van der Waals surface area contributed by atoms with Gasteiger partial charge in [0.2, 0.25) is 5.91 Å². The number of aliphatic hydroxyl groups excluding tert-OH is 1. The molecule has 26 heavy (non-hydrogen) atoms. The second-order valence-electron chi connectivity index (χ2n) is 7.16. The molecule has 0 aliphatic heterocycles. The zero-order chi connectivity index (χ0) is 18.7. The van der Waals surface area contributed by atoms with Gasteiger partial charge in [0.05, 0.1) is 24.9 Å². The van der Waals surface area contributed by atoms with Crippen molar-refractivity contribution in [2.75, 3.05) is 0 Å². The summed E-state index contributed by atoms with van der Waals surface area (Å²) in [5, 5.41) is 13.3. The van der Waals surface area contributed by atoms with Crippen molar-refractivity contribution in [2.45, 2.75) is 65.1 Å². The number of aliphatic hydroxyl groups is 1. The lowest BCUT2D eigenvalue weighted by molar-refractivity contribution is -0.121. The molecular formula is C19H27N5O2. The molecule has 3 atom stereocenters. The van der Waals surface area contributed by atoms with Crippen molar-refractivity contribution in [3.05, 3.63) is 41.5 Å². The Labute approximate surface area is 153 Å². The van der Waals surface area contributed by atoms with Gasteiger partial charge in [-0.15, -0.1) is 0 Å². The molecule has 1 unspecified atom stereocenters. The highest BCUT2D eigenvalue weighted by Crippen LogP contribution is 2.27. The summed E-state index contributed by atoms with van der Waals surface area (Å²) in [5.74, 6) is 1.05. The molecule has 1 amide bonds. The molecule has 2 heterocycles. The van der Waals surface area contributed by atoms with E-state index in [1.807, 2.05) is 31.5 Å². The summed E-state index contributed by atoms with van der Waals surface area (Å²) in [7, 11) is 0. The van der Waals surface area contributed by atoms with E-state index < -0.39 is 6.10 Å². The van der Waals surface area contributed by atoms with E-state index in [1.54, 1.807) is 12.5 Å². The first-order valence-electron chi connectivity index (χ1n) is 9.22. The van der Waals surface area contributed by atoms with Crippen molar-refractivity contribution in [3.63, 3.8) is 0 Å². The second-order valence-corrected chi connectivity index (χ2v) is 7.16. The number of amides is 1. The smallest absolute Gasteiger partial charge is 0.224 e. The number of carbonyl (C=O) groups excluding carboxylic acids is 1. The van der Waals surface area contributed by atoms with Crippen LogP contribution in [0.4, 0.5) is 0 Å². The van der Waals surface area contributed by atoms with Crippen LogP contribution in [0.15, 0.2) is 18.7 Å². The maximum absolute atomic E-state index is 12.5. The second kappa shape index (κ2) is 7.95. The monoisotopic (exact) mass is 357 g/mol. The summed E-state index contributed by atoms with van der Waals surface area (Å²) in [6.07, 6.45) is 7.43. The quantitative estimate of drug-likeness (QED) is 0.814. The number of hydrogen-bond acceptors (Lipinski definition) is 5. The zero-order valence-electron chi connectivity index (χ0n) is 15.6. The maximum atomic E-state index is 12.5. The first-order chi connectivity index (χ1) is 12.5. The van der Waals surface area contributed by atoms with E-state index in [-0.39, 0.29) is 18.4 Å². The average Bonchev–Trinajstić information content (AvgIpc) is 3.21. The van der Waals surface area contributed by atoms with Crippen LogP contribution in [0.5, 0.6) is 0 Å². The van der Waals surface area contributed by atoms with E-state index in [4.69, 9.17) is 0 Å². The van der Waals surface area contributed by atoms with Crippen LogP contribution in [0.3, 0.4) is 0 Å². The van der Waals surface area contributed by atoms with Crippen LogP contribution in [-0.2, 0) is 24.2 Å². The molecule has 7 nitrogen and oxygen atoms in total. The fourth-order valence-electron chi connectivity index (χ4n) is 3.76. The number of carbonyl (C=O) groups is 1. The molecule has 2 N–H and O–H groups in total. The molecule has 140 valence electrons. The molecule has 1 fully saturated rings. The highest BCUT2D eigenvalue weighted by atomic mass is 16.3. The molecule has 0 spiro atoms. The molecule has 0 radical (unpaired) electrons. The topological polar surface area (TPSA) is 92.9 Å². The van der Waals surface area contributed by atoms with E-state index in [2.05, 4.69) is 20.3 Å². The highest BCUT2D eigenvalue weighted by molar-refractivity contribution is 5.79. The molecule has 0 bridgehead atoms. The van der Waals surface area contributed by atoms with Crippen LogP contribution < -0.4 is 5.32 Å². The Hall–Kier alpha value is -2.28. The minimum Gasteiger partial charge on any atom is -0.391 e. The number of rotatable bonds is 6. The fourth-order valence-corrected chi connectivity index (χ4v) is 3.76. The Morgan fingerprint density at radius 3 is 2.65 bits per heavy atom. The lowest BCUT2D eigenvalue weighted by Crippen LogP contribution is -2.40. The van der Waals surface area contributed by atoms with Crippen molar-refractivity contribution >= 4 is 5.91 Å². The molecule has 1 aliphatic carbocycles. The summed E-state index contributed by atoms with van der Waals surface area (Å²) in [6.45, 7) is 6.67. The van der Waals surface area contributed by atoms with Crippen LogP contribution in [0.1, 0.15) is 42.5 Å². The summed E-state index contributed by atoms with van der Waals surface area (Å²) < 4.78 is 2.01. The third-order valence-corrected chi connectivity index (χ3v) is 5.12. The Morgan fingerprint density at radius 2 is 2.04 bits per heavy atom. The van der Waals surface area contributed by atoms with E-state index in [9.17, 15) is 9.90 Å². The molecule has 2 aromatic heterocycles. The molecule has 1 aliphatic rings. The lowest BCUT2D eigenvalue weighted by Gasteiger charge is -2.17. The Bertz CT molecular complexity index is 736. The van der Waals surface area contributed by atoms with Gasteiger partial charge in [0, 0.05) is 42.3 Å². The summed E-state index contributed by atoms with van der Waals surface area (Å²) in [4.78, 5) is 25.5. The molecular weight excluding hydrogens is 330 g/mol. The molecule has 0 saturated heterocycles. The van der Waals surface area contributed by atoms with E-state index in [0.717, 1.165) is 42.2 Å². The number of aromatic nitrogens is 4. The molecule has 0 aromatic carbocycles. The zero-order valence-corrected chi connectivity index (χ0v) is 15.6. The van der Waals surface area contributed by atoms with Gasteiger partial charge in [-0.2, -0.15) is 0 Å². The van der Waals surface area contributed by atoms with Gasteiger partial charge in [-0.3, -0.25) is 4.79 Å². The van der Waals surface area contributed by atoms with E-state index >= 15 is 0 Å². The largest absolute Gasteiger partial charge is 0.391 e. The number of hydrogen-bond donors (Lipinski definition) is 2. The predicted octanol–water partition coefficient (Wildman–Crippen LogP) is 1.35. The lowest BCUT2D eigenvalue weighted by atomic mass is 10.1. The van der Waals surface area contributed by atoms with Gasteiger partial charge in [0.15, 0.2) is 0 Å². The predicted molar refractivity (Wildman–Crippen MR) is 97.5 cm³/mol. The van der Waals surface area contributed by atoms with Gasteiger partial charge in [0.25, 0.3) is 0 Å². The van der Waals surface area contributed by atoms with Gasteiger partial charge in [-0.1, -0.05) is 6.92 Å². The minimum atomic E-state index is -0.506. The third-order valence-electron chi connectivity index (χ3n) is 5.12. The third kappa shape index (κ3) is 4.27. The summed E-state index contributed by atoms with van der Waals surface area (Å²) >= 11 is 0. The number of imidazole rings is 1. The van der Waals surface area contributed by atoms with Crippen molar-refractivity contribution in [3.8, 4) is 0 Å². The van der Waals surface area contributed by atoms with Crippen molar-refractivity contribution in [2.24, 2.45) is 5.92 Å². The SMILES string of the molecule is CCc1nc(C)c(CC(=O)N[C@@H]2CC(Cn3ccnc3)C[C@H]2O)c(C)n1. The standard InChI is InChI=1S/C19H27N5O2/c1-4-18-21-12(2)15(13(3)22-18)9-19(26)23-16-7-14(8-17(16)25)10-24-6-5-20-11-24/h5-6,11,14,16-17,25H,4,7-10H2,1-3H3,(H,23,26)/t14?,16-,17-/m1/s1. The van der Waals surface area contributed by atoms with Crippen LogP contribution in [0.2, 0.25) is 0 Å². The Balaban J connectivity index is 1.58. The molecule has 2 aromatic rings. The van der Waals surface area contributed by atoms with E-state index in [0.29, 0.717) is 12.3 Å². The summed E-state index contributed by atoms with van der Waals surface area (Å²) in [5.41, 5.74) is 2.59. The van der Waals surface area contributed by atoms with Crippen molar-refractivity contribution < 1.29 is 9.90 Å². The van der Waals surface area contributed by atoms with Gasteiger partial charge in [-0.05, 0) is 32.6 Å². The van der Waals surface area contributed by atoms with Crippen LogP contribution in [0, 0.1) is 19.8 Å². The summed E-state index contributed by atoms with van der Waals surface area (Å²) in [6, 6.07) is -0.201. The maximum Gasteiger partial charge on any atom is 0.224 e. The molecule has 3 rings (SSSR count). The normalized spacial score (nSPS) is 22.5. The van der Waals surface area contributed by atoms with Gasteiger partial charge in [0.1, 0.15) is 5.82 Å². The Kier molecular flexibility index (Phi) is 5.66. The van der Waals surface area contributed by atoms with Gasteiger partial charge >= 0.3 is 0 Å². The number of nitrogens with one attached hydrogen (secondary N) is 1. The van der Waals surface area contributed by atoms with Crippen LogP contribution in [-0.4, -0.2) is 42.7 Å². The Morgan fingerprint density at radius 1 is 1.31 bits per heavy atom. The van der Waals surface area contributed by atoms with Crippen molar-refractivity contribution in [1.82, 2.24) is 24.8 Å². The number of aryl methyl sites for hydroxylation is 3.